The summed E-state index contributed by atoms with van der Waals surface area (Å²) in [6.45, 7) is 1.71. The van der Waals surface area contributed by atoms with E-state index in [9.17, 15) is 9.59 Å². The van der Waals surface area contributed by atoms with E-state index in [0.717, 1.165) is 19.3 Å². The lowest BCUT2D eigenvalue weighted by Crippen LogP contribution is -2.33. The highest BCUT2D eigenvalue weighted by Gasteiger charge is 2.32. The fourth-order valence-corrected chi connectivity index (χ4v) is 2.29. The van der Waals surface area contributed by atoms with Crippen LogP contribution in [0.1, 0.15) is 25.7 Å². The summed E-state index contributed by atoms with van der Waals surface area (Å²) < 4.78 is 5.10. The average molecular weight is 258 g/mol. The first kappa shape index (κ1) is 14.9. The Hall–Kier alpha value is -1.14. The SMILES string of the molecule is NCCOCCC(=O)NCC1CCCC1C(=O)O. The predicted octanol–water partition coefficient (Wildman–Crippen LogP) is -0.0311. The first-order valence-corrected chi connectivity index (χ1v) is 6.42. The van der Waals surface area contributed by atoms with E-state index in [1.807, 2.05) is 0 Å². The molecule has 0 heterocycles. The summed E-state index contributed by atoms with van der Waals surface area (Å²) in [5.41, 5.74) is 5.25. The highest BCUT2D eigenvalue weighted by Crippen LogP contribution is 2.31. The van der Waals surface area contributed by atoms with Gasteiger partial charge < -0.3 is 20.9 Å². The molecular formula is C12H22N2O4. The number of carbonyl (C=O) groups excluding carboxylic acids is 1. The standard InChI is InChI=1S/C12H22N2O4/c13-5-7-18-6-4-11(15)14-8-9-2-1-3-10(9)12(16)17/h9-10H,1-8,13H2,(H,14,15)(H,16,17). The van der Waals surface area contributed by atoms with Crippen LogP contribution in [0.4, 0.5) is 0 Å². The third kappa shape index (κ3) is 5.01. The summed E-state index contributed by atoms with van der Waals surface area (Å²) in [7, 11) is 0. The highest BCUT2D eigenvalue weighted by molar-refractivity contribution is 5.76. The van der Waals surface area contributed by atoms with Gasteiger partial charge >= 0.3 is 5.97 Å². The minimum atomic E-state index is -0.752. The zero-order valence-electron chi connectivity index (χ0n) is 10.6. The van der Waals surface area contributed by atoms with Gasteiger partial charge in [-0.2, -0.15) is 0 Å². The van der Waals surface area contributed by atoms with Crippen molar-refractivity contribution in [2.75, 3.05) is 26.3 Å². The van der Waals surface area contributed by atoms with Crippen LogP contribution in [0, 0.1) is 11.8 Å². The van der Waals surface area contributed by atoms with Crippen LogP contribution >= 0.6 is 0 Å². The van der Waals surface area contributed by atoms with E-state index in [-0.39, 0.29) is 17.7 Å². The van der Waals surface area contributed by atoms with Gasteiger partial charge in [0.05, 0.1) is 19.1 Å². The predicted molar refractivity (Wildman–Crippen MR) is 66.0 cm³/mol. The molecule has 0 spiro atoms. The number of rotatable bonds is 8. The zero-order chi connectivity index (χ0) is 13.4. The minimum Gasteiger partial charge on any atom is -0.481 e. The van der Waals surface area contributed by atoms with Gasteiger partial charge in [-0.1, -0.05) is 6.42 Å². The molecule has 1 aliphatic rings. The van der Waals surface area contributed by atoms with Gasteiger partial charge in [0.15, 0.2) is 0 Å². The van der Waals surface area contributed by atoms with Crippen LogP contribution < -0.4 is 11.1 Å². The Morgan fingerprint density at radius 3 is 2.78 bits per heavy atom. The molecule has 0 aliphatic heterocycles. The quantitative estimate of drug-likeness (QED) is 0.531. The van der Waals surface area contributed by atoms with Crippen molar-refractivity contribution in [3.8, 4) is 0 Å². The van der Waals surface area contributed by atoms with E-state index in [0.29, 0.717) is 32.7 Å². The molecule has 1 aliphatic carbocycles. The summed E-state index contributed by atoms with van der Waals surface area (Å²) in [6, 6.07) is 0. The van der Waals surface area contributed by atoms with E-state index >= 15 is 0 Å². The molecule has 0 radical (unpaired) electrons. The summed E-state index contributed by atoms with van der Waals surface area (Å²) in [5, 5.41) is 11.8. The summed E-state index contributed by atoms with van der Waals surface area (Å²) in [5.74, 6) is -1.09. The lowest BCUT2D eigenvalue weighted by Gasteiger charge is -2.16. The van der Waals surface area contributed by atoms with Crippen molar-refractivity contribution in [2.24, 2.45) is 17.6 Å². The average Bonchev–Trinajstić information content (AvgIpc) is 2.80. The third-order valence-electron chi connectivity index (χ3n) is 3.27. The van der Waals surface area contributed by atoms with Crippen molar-refractivity contribution in [1.82, 2.24) is 5.32 Å². The molecule has 0 saturated heterocycles. The first-order valence-electron chi connectivity index (χ1n) is 6.42. The summed E-state index contributed by atoms with van der Waals surface area (Å²) in [4.78, 5) is 22.4. The van der Waals surface area contributed by atoms with Crippen LogP contribution in [0.5, 0.6) is 0 Å². The van der Waals surface area contributed by atoms with Gasteiger partial charge in [-0.05, 0) is 18.8 Å². The molecule has 4 N–H and O–H groups in total. The molecule has 0 aromatic rings. The van der Waals surface area contributed by atoms with E-state index < -0.39 is 5.97 Å². The molecule has 104 valence electrons. The molecule has 18 heavy (non-hydrogen) atoms. The lowest BCUT2D eigenvalue weighted by molar-refractivity contribution is -0.143. The molecule has 0 aromatic carbocycles. The van der Waals surface area contributed by atoms with E-state index in [2.05, 4.69) is 5.32 Å². The number of carboxylic acid groups (broad SMARTS) is 1. The number of nitrogens with one attached hydrogen (secondary N) is 1. The Morgan fingerprint density at radius 1 is 1.33 bits per heavy atom. The number of carbonyl (C=O) groups is 2. The van der Waals surface area contributed by atoms with Gasteiger partial charge in [0.1, 0.15) is 0 Å². The van der Waals surface area contributed by atoms with Gasteiger partial charge in [-0.15, -0.1) is 0 Å². The molecule has 0 aromatic heterocycles. The van der Waals surface area contributed by atoms with Crippen LogP contribution in [0.3, 0.4) is 0 Å². The van der Waals surface area contributed by atoms with Crippen molar-refractivity contribution in [2.45, 2.75) is 25.7 Å². The van der Waals surface area contributed by atoms with E-state index in [4.69, 9.17) is 15.6 Å². The highest BCUT2D eigenvalue weighted by atomic mass is 16.5. The molecule has 1 amide bonds. The van der Waals surface area contributed by atoms with Crippen molar-refractivity contribution >= 4 is 11.9 Å². The molecule has 2 unspecified atom stereocenters. The Balaban J connectivity index is 2.15. The van der Waals surface area contributed by atoms with Crippen LogP contribution in [-0.4, -0.2) is 43.3 Å². The second kappa shape index (κ2) is 8.05. The number of hydrogen-bond donors (Lipinski definition) is 3. The molecule has 1 rings (SSSR count). The van der Waals surface area contributed by atoms with E-state index in [1.54, 1.807) is 0 Å². The maximum absolute atomic E-state index is 11.5. The number of nitrogens with two attached hydrogens (primary N) is 1. The van der Waals surface area contributed by atoms with Crippen molar-refractivity contribution in [3.05, 3.63) is 0 Å². The van der Waals surface area contributed by atoms with Gasteiger partial charge in [-0.25, -0.2) is 0 Å². The Kier molecular flexibility index (Phi) is 6.67. The van der Waals surface area contributed by atoms with Crippen LogP contribution in [0.25, 0.3) is 0 Å². The summed E-state index contributed by atoms with van der Waals surface area (Å²) in [6.07, 6.45) is 2.82. The Labute approximate surface area is 107 Å². The third-order valence-corrected chi connectivity index (χ3v) is 3.27. The second-order valence-electron chi connectivity index (χ2n) is 4.59. The number of hydrogen-bond acceptors (Lipinski definition) is 4. The number of carboxylic acids is 1. The van der Waals surface area contributed by atoms with E-state index in [1.165, 1.54) is 0 Å². The van der Waals surface area contributed by atoms with Crippen LogP contribution in [0.2, 0.25) is 0 Å². The molecule has 6 heteroatoms. The molecule has 2 atom stereocenters. The monoisotopic (exact) mass is 258 g/mol. The number of aliphatic carboxylic acids is 1. The molecule has 0 bridgehead atoms. The van der Waals surface area contributed by atoms with Crippen molar-refractivity contribution in [3.63, 3.8) is 0 Å². The van der Waals surface area contributed by atoms with Crippen LogP contribution in [0.15, 0.2) is 0 Å². The second-order valence-corrected chi connectivity index (χ2v) is 4.59. The van der Waals surface area contributed by atoms with Gasteiger partial charge in [0.25, 0.3) is 0 Å². The minimum absolute atomic E-state index is 0.0661. The fraction of sp³-hybridized carbons (Fsp3) is 0.833. The van der Waals surface area contributed by atoms with Gasteiger partial charge in [0.2, 0.25) is 5.91 Å². The largest absolute Gasteiger partial charge is 0.481 e. The van der Waals surface area contributed by atoms with Gasteiger partial charge in [0, 0.05) is 19.5 Å². The van der Waals surface area contributed by atoms with Crippen molar-refractivity contribution in [1.29, 1.82) is 0 Å². The number of ether oxygens (including phenoxy) is 1. The molecule has 1 fully saturated rings. The normalized spacial score (nSPS) is 22.9. The molecular weight excluding hydrogens is 236 g/mol. The van der Waals surface area contributed by atoms with Gasteiger partial charge in [-0.3, -0.25) is 9.59 Å². The Bertz CT molecular complexity index is 283. The topological polar surface area (TPSA) is 102 Å². The molecule has 1 saturated carbocycles. The fourth-order valence-electron chi connectivity index (χ4n) is 2.29. The lowest BCUT2D eigenvalue weighted by atomic mass is 9.96. The number of amides is 1. The zero-order valence-corrected chi connectivity index (χ0v) is 10.6. The Morgan fingerprint density at radius 2 is 2.11 bits per heavy atom. The van der Waals surface area contributed by atoms with Crippen molar-refractivity contribution < 1.29 is 19.4 Å². The van der Waals surface area contributed by atoms with Crippen LogP contribution in [-0.2, 0) is 14.3 Å². The first-order chi connectivity index (χ1) is 8.65. The maximum atomic E-state index is 11.5. The smallest absolute Gasteiger partial charge is 0.306 e. The summed E-state index contributed by atoms with van der Waals surface area (Å²) >= 11 is 0. The maximum Gasteiger partial charge on any atom is 0.306 e. The molecule has 6 nitrogen and oxygen atoms in total.